The van der Waals surface area contributed by atoms with Gasteiger partial charge in [-0.05, 0) is 24.3 Å². The second kappa shape index (κ2) is 7.67. The van der Waals surface area contributed by atoms with Crippen LogP contribution in [0.5, 0.6) is 0 Å². The van der Waals surface area contributed by atoms with Gasteiger partial charge >= 0.3 is 13.7 Å². The number of hydrogen-bond acceptors (Lipinski definition) is 4. The minimum Gasteiger partial charge on any atom is -0.266 e. The third kappa shape index (κ3) is 4.88. The van der Waals surface area contributed by atoms with Gasteiger partial charge < -0.3 is 0 Å². The number of halogens is 2. The molecule has 1 rings (SSSR count). The molecule has 1 aromatic rings. The van der Waals surface area contributed by atoms with Crippen LogP contribution in [0.25, 0.3) is 0 Å². The number of benzene rings is 1. The number of hydroxylamine groups is 1. The number of carbonyl (C=O) groups is 1. The molecule has 1 aromatic carbocycles. The van der Waals surface area contributed by atoms with Gasteiger partial charge in [0.1, 0.15) is 0 Å². The summed E-state index contributed by atoms with van der Waals surface area (Å²) in [6.07, 6.45) is -0.226. The van der Waals surface area contributed by atoms with E-state index in [1.165, 1.54) is 0 Å². The van der Waals surface area contributed by atoms with Gasteiger partial charge in [0.25, 0.3) is 0 Å². The minimum absolute atomic E-state index is 0.113. The predicted molar refractivity (Wildman–Crippen MR) is 71.3 cm³/mol. The number of nitrogens with zero attached hydrogens (tertiary/aromatic N) is 1. The average molecular weight is 310 g/mol. The zero-order valence-corrected chi connectivity index (χ0v) is 11.8. The second-order valence-corrected chi connectivity index (χ2v) is 5.66. The van der Waals surface area contributed by atoms with Crippen LogP contribution in [0.15, 0.2) is 24.3 Å². The third-order valence-electron chi connectivity index (χ3n) is 1.95. The van der Waals surface area contributed by atoms with Crippen LogP contribution in [0.1, 0.15) is 0 Å². The quantitative estimate of drug-likeness (QED) is 0.285. The molecule has 1 atom stereocenters. The molecule has 0 saturated carbocycles. The van der Waals surface area contributed by atoms with E-state index in [1.54, 1.807) is 24.3 Å². The average Bonchev–Trinajstić information content (AvgIpc) is 2.36. The van der Waals surface area contributed by atoms with Crippen molar-refractivity contribution in [3.63, 3.8) is 0 Å². The Hall–Kier alpha value is -0.710. The van der Waals surface area contributed by atoms with Crippen LogP contribution in [0.2, 0.25) is 5.02 Å². The van der Waals surface area contributed by atoms with Gasteiger partial charge in [0, 0.05) is 10.9 Å². The monoisotopic (exact) mass is 309 g/mol. The SMILES string of the molecule is NN(OCCCl)C(=O)C[P+](=O)c1ccc(Cl)cc1. The van der Waals surface area contributed by atoms with Crippen molar-refractivity contribution in [1.29, 1.82) is 0 Å². The molecule has 0 radical (unpaired) electrons. The highest BCUT2D eigenvalue weighted by atomic mass is 35.5. The molecule has 1 unspecified atom stereocenters. The maximum Gasteiger partial charge on any atom is 0.386 e. The molecule has 0 aromatic heterocycles. The zero-order valence-electron chi connectivity index (χ0n) is 9.38. The molecule has 0 aliphatic rings. The summed E-state index contributed by atoms with van der Waals surface area (Å²) in [7, 11) is -1.87. The van der Waals surface area contributed by atoms with E-state index < -0.39 is 13.7 Å². The molecular weight excluding hydrogens is 298 g/mol. The molecule has 18 heavy (non-hydrogen) atoms. The first-order chi connectivity index (χ1) is 8.54. The summed E-state index contributed by atoms with van der Waals surface area (Å²) in [5, 5.41) is 1.64. The predicted octanol–water partition coefficient (Wildman–Crippen LogP) is 1.67. The molecule has 0 heterocycles. The number of nitrogens with two attached hydrogens (primary N) is 1. The van der Waals surface area contributed by atoms with Crippen molar-refractivity contribution in [2.75, 3.05) is 18.6 Å². The summed E-state index contributed by atoms with van der Waals surface area (Å²) in [5.41, 5.74) is 0. The van der Waals surface area contributed by atoms with E-state index in [4.69, 9.17) is 33.9 Å². The van der Waals surface area contributed by atoms with Gasteiger partial charge in [0.05, 0.1) is 6.61 Å². The maximum atomic E-state index is 11.9. The lowest BCUT2D eigenvalue weighted by molar-refractivity contribution is -0.183. The molecule has 98 valence electrons. The molecule has 0 fully saturated rings. The number of rotatable bonds is 6. The van der Waals surface area contributed by atoms with E-state index in [9.17, 15) is 9.36 Å². The van der Waals surface area contributed by atoms with Gasteiger partial charge in [-0.1, -0.05) is 16.2 Å². The Morgan fingerprint density at radius 1 is 1.39 bits per heavy atom. The number of amides is 1. The van der Waals surface area contributed by atoms with Crippen LogP contribution in [0.3, 0.4) is 0 Å². The minimum atomic E-state index is -1.87. The maximum absolute atomic E-state index is 11.9. The molecule has 8 heteroatoms. The fourth-order valence-electron chi connectivity index (χ4n) is 1.10. The lowest BCUT2D eigenvalue weighted by Crippen LogP contribution is -2.39. The summed E-state index contributed by atoms with van der Waals surface area (Å²) in [6, 6.07) is 6.43. The molecule has 2 N–H and O–H groups in total. The fraction of sp³-hybridized carbons (Fsp3) is 0.300. The normalized spacial score (nSPS) is 11.2. The van der Waals surface area contributed by atoms with Gasteiger partial charge in [-0.15, -0.1) is 16.8 Å². The van der Waals surface area contributed by atoms with E-state index in [1.807, 2.05) is 0 Å². The largest absolute Gasteiger partial charge is 0.386 e. The van der Waals surface area contributed by atoms with Gasteiger partial charge in [-0.3, -0.25) is 9.63 Å². The Kier molecular flexibility index (Phi) is 6.54. The Morgan fingerprint density at radius 3 is 2.56 bits per heavy atom. The lowest BCUT2D eigenvalue weighted by Gasteiger charge is -2.12. The number of hydrazine groups is 1. The summed E-state index contributed by atoms with van der Waals surface area (Å²) < 4.78 is 11.9. The number of alkyl halides is 1. The summed E-state index contributed by atoms with van der Waals surface area (Å²) in [5.74, 6) is 4.95. The van der Waals surface area contributed by atoms with E-state index in [-0.39, 0.29) is 18.6 Å². The summed E-state index contributed by atoms with van der Waals surface area (Å²) >= 11 is 11.1. The van der Waals surface area contributed by atoms with Crippen LogP contribution in [0.4, 0.5) is 0 Å². The van der Waals surface area contributed by atoms with E-state index in [2.05, 4.69) is 0 Å². The second-order valence-electron chi connectivity index (χ2n) is 3.25. The van der Waals surface area contributed by atoms with Crippen molar-refractivity contribution in [2.45, 2.75) is 0 Å². The Labute approximate surface area is 116 Å². The van der Waals surface area contributed by atoms with Crippen molar-refractivity contribution in [1.82, 2.24) is 5.17 Å². The van der Waals surface area contributed by atoms with E-state index in [0.29, 0.717) is 15.5 Å². The summed E-state index contributed by atoms with van der Waals surface area (Å²) in [6.45, 7) is 0.113. The topological polar surface area (TPSA) is 72.6 Å². The summed E-state index contributed by atoms with van der Waals surface area (Å²) in [4.78, 5) is 16.3. The first-order valence-corrected chi connectivity index (χ1v) is 7.37. The van der Waals surface area contributed by atoms with Gasteiger partial charge in [-0.2, -0.15) is 0 Å². The Morgan fingerprint density at radius 2 is 2.00 bits per heavy atom. The van der Waals surface area contributed by atoms with E-state index >= 15 is 0 Å². The zero-order chi connectivity index (χ0) is 13.5. The Balaban J connectivity index is 2.54. The van der Waals surface area contributed by atoms with Crippen LogP contribution >= 0.6 is 31.0 Å². The number of carbonyl (C=O) groups excluding carboxylic acids is 1. The molecule has 0 saturated heterocycles. The molecule has 0 aliphatic heterocycles. The van der Waals surface area contributed by atoms with Gasteiger partial charge in [0.15, 0.2) is 5.30 Å². The van der Waals surface area contributed by atoms with Crippen molar-refractivity contribution < 1.29 is 14.2 Å². The van der Waals surface area contributed by atoms with Crippen LogP contribution in [-0.2, 0) is 14.2 Å². The third-order valence-corrected chi connectivity index (χ3v) is 3.78. The first kappa shape index (κ1) is 15.3. The highest BCUT2D eigenvalue weighted by Crippen LogP contribution is 2.21. The molecule has 0 aliphatic carbocycles. The van der Waals surface area contributed by atoms with Crippen LogP contribution < -0.4 is 11.1 Å². The molecular formula is C10H12Cl2N2O3P+. The molecule has 0 spiro atoms. The highest BCUT2D eigenvalue weighted by Gasteiger charge is 2.27. The smallest absolute Gasteiger partial charge is 0.266 e. The highest BCUT2D eigenvalue weighted by molar-refractivity contribution is 7.54. The van der Waals surface area contributed by atoms with Crippen LogP contribution in [-0.4, -0.2) is 29.7 Å². The molecule has 0 bridgehead atoms. The first-order valence-electron chi connectivity index (χ1n) is 5.01. The standard InChI is InChI=1S/C10H12Cl2N2O3P/c11-5-6-17-14(13)10(15)7-18(16)9-3-1-8(12)2-4-9/h1-4H,5-7,13H2/q+1. The van der Waals surface area contributed by atoms with Crippen molar-refractivity contribution in [2.24, 2.45) is 5.84 Å². The Bertz CT molecular complexity index is 428. The number of hydrogen-bond donors (Lipinski definition) is 1. The van der Waals surface area contributed by atoms with Gasteiger partial charge in [0.2, 0.25) is 6.16 Å². The van der Waals surface area contributed by atoms with Crippen molar-refractivity contribution in [3.8, 4) is 0 Å². The lowest BCUT2D eigenvalue weighted by atomic mass is 10.4. The fourth-order valence-corrected chi connectivity index (χ4v) is 2.34. The molecule has 5 nitrogen and oxygen atoms in total. The van der Waals surface area contributed by atoms with Crippen LogP contribution in [0, 0.1) is 0 Å². The van der Waals surface area contributed by atoms with Gasteiger partial charge in [-0.25, -0.2) is 5.84 Å². The van der Waals surface area contributed by atoms with Crippen molar-refractivity contribution in [3.05, 3.63) is 29.3 Å². The van der Waals surface area contributed by atoms with Crippen molar-refractivity contribution >= 4 is 42.2 Å². The van der Waals surface area contributed by atoms with E-state index in [0.717, 1.165) is 0 Å². The molecule has 1 amide bonds.